The molecule has 2 aromatic rings. The van der Waals surface area contributed by atoms with Gasteiger partial charge in [0.15, 0.2) is 5.96 Å². The van der Waals surface area contributed by atoms with Crippen LogP contribution >= 0.6 is 0 Å². The molecule has 0 amide bonds. The summed E-state index contributed by atoms with van der Waals surface area (Å²) >= 11 is 0. The molecule has 1 aromatic carbocycles. The van der Waals surface area contributed by atoms with Crippen LogP contribution in [0.25, 0.3) is 0 Å². The van der Waals surface area contributed by atoms with Crippen LogP contribution in [0.15, 0.2) is 39.9 Å². The number of anilines is 1. The quantitative estimate of drug-likeness (QED) is 0.626. The van der Waals surface area contributed by atoms with E-state index in [4.69, 9.17) is 4.42 Å². The lowest BCUT2D eigenvalue weighted by Gasteiger charge is -2.25. The van der Waals surface area contributed by atoms with Gasteiger partial charge in [-0.15, -0.1) is 0 Å². The predicted molar refractivity (Wildman–Crippen MR) is 110 cm³/mol. The summed E-state index contributed by atoms with van der Waals surface area (Å²) in [5.74, 6) is 2.32. The Labute approximate surface area is 162 Å². The van der Waals surface area contributed by atoms with Crippen molar-refractivity contribution in [1.82, 2.24) is 15.6 Å². The zero-order chi connectivity index (χ0) is 19.4. The molecule has 6 heteroatoms. The molecule has 3 rings (SSSR count). The first-order valence-corrected chi connectivity index (χ1v) is 9.62. The maximum absolute atomic E-state index is 5.82. The summed E-state index contributed by atoms with van der Waals surface area (Å²) in [6, 6.07) is 9.19. The van der Waals surface area contributed by atoms with Gasteiger partial charge in [-0.25, -0.2) is 4.98 Å². The number of aromatic nitrogens is 1. The lowest BCUT2D eigenvalue weighted by molar-refractivity contribution is 0.379. The molecule has 6 nitrogen and oxygen atoms in total. The molecule has 0 radical (unpaired) electrons. The summed E-state index contributed by atoms with van der Waals surface area (Å²) < 4.78 is 5.82. The normalized spacial score (nSPS) is 17.1. The molecule has 2 N–H and O–H groups in total. The number of benzene rings is 1. The van der Waals surface area contributed by atoms with Gasteiger partial charge in [0.1, 0.15) is 5.76 Å². The zero-order valence-electron chi connectivity index (χ0n) is 17.0. The number of rotatable bonds is 5. The minimum absolute atomic E-state index is 0.0338. The minimum atomic E-state index is -0.0338. The largest absolute Gasteiger partial charge is 0.443 e. The molecular formula is C21H31N5O. The Balaban J connectivity index is 1.48. The molecule has 146 valence electrons. The number of hydrogen-bond donors (Lipinski definition) is 2. The van der Waals surface area contributed by atoms with E-state index in [1.165, 1.54) is 11.3 Å². The van der Waals surface area contributed by atoms with Gasteiger partial charge in [0.05, 0.1) is 12.7 Å². The van der Waals surface area contributed by atoms with Crippen LogP contribution in [0.2, 0.25) is 0 Å². The number of nitrogens with one attached hydrogen (secondary N) is 2. The topological polar surface area (TPSA) is 65.7 Å². The summed E-state index contributed by atoms with van der Waals surface area (Å²) in [4.78, 5) is 11.1. The highest BCUT2D eigenvalue weighted by atomic mass is 16.4. The molecule has 0 fully saturated rings. The smallest absolute Gasteiger partial charge is 0.213 e. The second kappa shape index (κ2) is 8.03. The van der Waals surface area contributed by atoms with Crippen molar-refractivity contribution in [2.24, 2.45) is 4.99 Å². The molecular weight excluding hydrogens is 338 g/mol. The molecule has 27 heavy (non-hydrogen) atoms. The number of para-hydroxylation sites is 1. The van der Waals surface area contributed by atoms with Crippen molar-refractivity contribution in [3.05, 3.63) is 47.7 Å². The van der Waals surface area contributed by atoms with E-state index in [1.54, 1.807) is 13.2 Å². The van der Waals surface area contributed by atoms with Crippen molar-refractivity contribution in [3.63, 3.8) is 0 Å². The maximum Gasteiger partial charge on any atom is 0.213 e. The number of nitrogens with zero attached hydrogens (tertiary/aromatic N) is 3. The molecule has 1 unspecified atom stereocenters. The highest BCUT2D eigenvalue weighted by molar-refractivity contribution is 5.79. The van der Waals surface area contributed by atoms with Crippen LogP contribution < -0.4 is 15.5 Å². The van der Waals surface area contributed by atoms with Gasteiger partial charge in [-0.1, -0.05) is 39.0 Å². The standard InChI is InChI=1S/C21H31N5O/c1-15-12-16-8-6-7-9-17(16)26(15)11-10-23-20(22-5)25-14-19-24-13-18(27-19)21(2,3)4/h6-9,13,15H,10-12,14H2,1-5H3,(H2,22,23,25). The maximum atomic E-state index is 5.82. The van der Waals surface area contributed by atoms with Crippen molar-refractivity contribution < 1.29 is 4.42 Å². The van der Waals surface area contributed by atoms with Crippen molar-refractivity contribution >= 4 is 11.6 Å². The first kappa shape index (κ1) is 19.3. The number of aliphatic imine (C=N–C) groups is 1. The average molecular weight is 370 g/mol. The Kier molecular flexibility index (Phi) is 5.73. The van der Waals surface area contributed by atoms with Gasteiger partial charge in [0.25, 0.3) is 0 Å². The Bertz CT molecular complexity index is 790. The van der Waals surface area contributed by atoms with E-state index in [-0.39, 0.29) is 5.41 Å². The van der Waals surface area contributed by atoms with Crippen LogP contribution in [-0.4, -0.2) is 37.1 Å². The number of hydrogen-bond acceptors (Lipinski definition) is 4. The summed E-state index contributed by atoms with van der Waals surface area (Å²) in [6.45, 7) is 10.9. The molecule has 1 aliphatic rings. The highest BCUT2D eigenvalue weighted by Crippen LogP contribution is 2.31. The van der Waals surface area contributed by atoms with Crippen LogP contribution in [-0.2, 0) is 18.4 Å². The second-order valence-corrected chi connectivity index (χ2v) is 8.10. The Hall–Kier alpha value is -2.50. The van der Waals surface area contributed by atoms with Gasteiger partial charge < -0.3 is 20.0 Å². The average Bonchev–Trinajstić information content (AvgIpc) is 3.22. The fourth-order valence-electron chi connectivity index (χ4n) is 3.38. The van der Waals surface area contributed by atoms with Crippen molar-refractivity contribution in [2.75, 3.05) is 25.0 Å². The van der Waals surface area contributed by atoms with E-state index >= 15 is 0 Å². The van der Waals surface area contributed by atoms with Gasteiger partial charge in [-0.3, -0.25) is 4.99 Å². The summed E-state index contributed by atoms with van der Waals surface area (Å²) in [7, 11) is 1.78. The molecule has 1 aromatic heterocycles. The van der Waals surface area contributed by atoms with Crippen LogP contribution in [0.5, 0.6) is 0 Å². The van der Waals surface area contributed by atoms with Gasteiger partial charge in [-0.05, 0) is 25.0 Å². The Morgan fingerprint density at radius 3 is 2.78 bits per heavy atom. The molecule has 1 atom stereocenters. The Morgan fingerprint density at radius 2 is 2.07 bits per heavy atom. The highest BCUT2D eigenvalue weighted by Gasteiger charge is 2.24. The van der Waals surface area contributed by atoms with Gasteiger partial charge >= 0.3 is 0 Å². The second-order valence-electron chi connectivity index (χ2n) is 8.10. The molecule has 0 saturated heterocycles. The van der Waals surface area contributed by atoms with Gasteiger partial charge in [0.2, 0.25) is 5.89 Å². The summed E-state index contributed by atoms with van der Waals surface area (Å²) in [6.07, 6.45) is 2.92. The fraction of sp³-hybridized carbons (Fsp3) is 0.524. The van der Waals surface area contributed by atoms with Crippen molar-refractivity contribution in [1.29, 1.82) is 0 Å². The molecule has 0 spiro atoms. The molecule has 0 aliphatic carbocycles. The van der Waals surface area contributed by atoms with E-state index in [2.05, 4.69) is 77.5 Å². The lowest BCUT2D eigenvalue weighted by atomic mass is 9.94. The summed E-state index contributed by atoms with van der Waals surface area (Å²) in [5.41, 5.74) is 2.75. The van der Waals surface area contributed by atoms with Crippen LogP contribution in [0.1, 0.15) is 44.9 Å². The number of oxazole rings is 1. The van der Waals surface area contributed by atoms with E-state index in [0.717, 1.165) is 31.2 Å². The van der Waals surface area contributed by atoms with Crippen LogP contribution in [0.3, 0.4) is 0 Å². The van der Waals surface area contributed by atoms with Crippen molar-refractivity contribution in [2.45, 2.75) is 52.1 Å². The third-order valence-electron chi connectivity index (χ3n) is 4.92. The van der Waals surface area contributed by atoms with Gasteiger partial charge in [-0.2, -0.15) is 0 Å². The number of guanidine groups is 1. The minimum Gasteiger partial charge on any atom is -0.443 e. The molecule has 1 aliphatic heterocycles. The third kappa shape index (κ3) is 4.62. The molecule has 0 bridgehead atoms. The van der Waals surface area contributed by atoms with E-state index in [0.29, 0.717) is 18.5 Å². The summed E-state index contributed by atoms with van der Waals surface area (Å²) in [5, 5.41) is 6.65. The third-order valence-corrected chi connectivity index (χ3v) is 4.92. The number of fused-ring (bicyclic) bond motifs is 1. The van der Waals surface area contributed by atoms with E-state index < -0.39 is 0 Å². The SMILES string of the molecule is CN=C(NCCN1c2ccccc2CC1C)NCc1ncc(C(C)(C)C)o1. The fourth-order valence-corrected chi connectivity index (χ4v) is 3.38. The lowest BCUT2D eigenvalue weighted by Crippen LogP contribution is -2.42. The first-order valence-electron chi connectivity index (χ1n) is 9.62. The molecule has 2 heterocycles. The van der Waals surface area contributed by atoms with Gasteiger partial charge in [0, 0.05) is 37.3 Å². The van der Waals surface area contributed by atoms with Crippen LogP contribution in [0, 0.1) is 0 Å². The molecule has 0 saturated carbocycles. The van der Waals surface area contributed by atoms with E-state index in [9.17, 15) is 0 Å². The van der Waals surface area contributed by atoms with E-state index in [1.807, 2.05) is 0 Å². The van der Waals surface area contributed by atoms with Crippen molar-refractivity contribution in [3.8, 4) is 0 Å². The zero-order valence-corrected chi connectivity index (χ0v) is 17.0. The van der Waals surface area contributed by atoms with Crippen LogP contribution in [0.4, 0.5) is 5.69 Å². The predicted octanol–water partition coefficient (Wildman–Crippen LogP) is 3.09. The monoisotopic (exact) mass is 369 g/mol. The Morgan fingerprint density at radius 1 is 1.30 bits per heavy atom. The first-order chi connectivity index (χ1) is 12.9.